The molecule has 0 amide bonds. The highest BCUT2D eigenvalue weighted by Gasteiger charge is 2.19. The second-order valence-corrected chi connectivity index (χ2v) is 7.24. The SMILES string of the molecule is CCCCSc1nc(-c2ccccc2OC)nc2c1c(=O)n(C)c(=O)n2C. The fourth-order valence-electron chi connectivity index (χ4n) is 2.80. The number of fused-ring (bicyclic) bond motifs is 1. The molecule has 142 valence electrons. The largest absolute Gasteiger partial charge is 0.496 e. The van der Waals surface area contributed by atoms with Gasteiger partial charge in [0.1, 0.15) is 16.2 Å². The zero-order valence-corrected chi connectivity index (χ0v) is 16.7. The number of rotatable bonds is 6. The first-order valence-corrected chi connectivity index (χ1v) is 9.72. The third-order valence-electron chi connectivity index (χ3n) is 4.35. The van der Waals surface area contributed by atoms with E-state index in [1.165, 1.54) is 23.4 Å². The summed E-state index contributed by atoms with van der Waals surface area (Å²) in [4.78, 5) is 34.4. The zero-order chi connectivity index (χ0) is 19.6. The third-order valence-corrected chi connectivity index (χ3v) is 5.41. The molecule has 0 unspecified atom stereocenters. The number of methoxy groups -OCH3 is 1. The Hall–Kier alpha value is -2.61. The van der Waals surface area contributed by atoms with Crippen molar-refractivity contribution >= 4 is 22.8 Å². The van der Waals surface area contributed by atoms with Crippen molar-refractivity contribution in [3.63, 3.8) is 0 Å². The Balaban J connectivity index is 2.34. The van der Waals surface area contributed by atoms with E-state index in [0.29, 0.717) is 33.2 Å². The average Bonchev–Trinajstić information content (AvgIpc) is 2.70. The molecule has 3 rings (SSSR count). The van der Waals surface area contributed by atoms with Crippen molar-refractivity contribution in [1.29, 1.82) is 0 Å². The summed E-state index contributed by atoms with van der Waals surface area (Å²) in [7, 11) is 4.67. The molecule has 0 atom stereocenters. The minimum atomic E-state index is -0.415. The summed E-state index contributed by atoms with van der Waals surface area (Å²) in [5, 5.41) is 0.963. The number of para-hydroxylation sites is 1. The van der Waals surface area contributed by atoms with Gasteiger partial charge < -0.3 is 4.74 Å². The molecule has 7 nitrogen and oxygen atoms in total. The number of thioether (sulfide) groups is 1. The van der Waals surface area contributed by atoms with E-state index >= 15 is 0 Å². The van der Waals surface area contributed by atoms with E-state index in [2.05, 4.69) is 16.9 Å². The van der Waals surface area contributed by atoms with Gasteiger partial charge in [-0.15, -0.1) is 11.8 Å². The number of hydrogen-bond acceptors (Lipinski definition) is 6. The highest BCUT2D eigenvalue weighted by atomic mass is 32.2. The van der Waals surface area contributed by atoms with Gasteiger partial charge in [-0.1, -0.05) is 25.5 Å². The Labute approximate surface area is 161 Å². The maximum Gasteiger partial charge on any atom is 0.332 e. The molecule has 0 aliphatic rings. The van der Waals surface area contributed by atoms with Crippen molar-refractivity contribution in [1.82, 2.24) is 19.1 Å². The lowest BCUT2D eigenvalue weighted by atomic mass is 10.2. The van der Waals surface area contributed by atoms with E-state index in [-0.39, 0.29) is 5.56 Å². The second-order valence-electron chi connectivity index (χ2n) is 6.16. The summed E-state index contributed by atoms with van der Waals surface area (Å²) in [5.74, 6) is 1.90. The molecule has 2 aromatic heterocycles. The molecule has 3 aromatic rings. The molecule has 0 saturated carbocycles. The summed E-state index contributed by atoms with van der Waals surface area (Å²) >= 11 is 1.51. The van der Waals surface area contributed by atoms with E-state index in [1.54, 1.807) is 14.2 Å². The van der Waals surface area contributed by atoms with Crippen LogP contribution >= 0.6 is 11.8 Å². The number of unbranched alkanes of at least 4 members (excludes halogenated alkanes) is 1. The van der Waals surface area contributed by atoms with Gasteiger partial charge in [0.15, 0.2) is 11.5 Å². The average molecular weight is 386 g/mol. The molecule has 0 spiro atoms. The molecule has 0 bridgehead atoms. The molecule has 1 aromatic carbocycles. The van der Waals surface area contributed by atoms with Crippen LogP contribution in [0.1, 0.15) is 19.8 Å². The first kappa shape index (κ1) is 19.2. The molecule has 0 aliphatic carbocycles. The lowest BCUT2D eigenvalue weighted by Gasteiger charge is -2.13. The Morgan fingerprint density at radius 1 is 1.11 bits per heavy atom. The minimum absolute atomic E-state index is 0.331. The van der Waals surface area contributed by atoms with Crippen molar-refractivity contribution in [2.45, 2.75) is 24.8 Å². The van der Waals surface area contributed by atoms with Gasteiger partial charge in [0.05, 0.1) is 12.7 Å². The first-order valence-electron chi connectivity index (χ1n) is 8.73. The molecular weight excluding hydrogens is 364 g/mol. The first-order chi connectivity index (χ1) is 13.0. The predicted octanol–water partition coefficient (Wildman–Crippen LogP) is 2.60. The molecule has 0 N–H and O–H groups in total. The lowest BCUT2D eigenvalue weighted by Crippen LogP contribution is -2.37. The Morgan fingerprint density at radius 2 is 1.85 bits per heavy atom. The minimum Gasteiger partial charge on any atom is -0.496 e. The molecule has 8 heteroatoms. The van der Waals surface area contributed by atoms with E-state index < -0.39 is 5.69 Å². The molecule has 0 radical (unpaired) electrons. The number of aromatic nitrogens is 4. The van der Waals surface area contributed by atoms with Gasteiger partial charge in [-0.25, -0.2) is 14.8 Å². The lowest BCUT2D eigenvalue weighted by molar-refractivity contribution is 0.416. The van der Waals surface area contributed by atoms with Crippen LogP contribution < -0.4 is 16.0 Å². The highest BCUT2D eigenvalue weighted by Crippen LogP contribution is 2.31. The quantitative estimate of drug-likeness (QED) is 0.368. The Bertz CT molecular complexity index is 1100. The molecule has 0 aliphatic heterocycles. The van der Waals surface area contributed by atoms with Gasteiger partial charge in [0.25, 0.3) is 5.56 Å². The maximum atomic E-state index is 12.8. The van der Waals surface area contributed by atoms with Crippen LogP contribution in [0.2, 0.25) is 0 Å². The smallest absolute Gasteiger partial charge is 0.332 e. The molecule has 27 heavy (non-hydrogen) atoms. The van der Waals surface area contributed by atoms with Crippen molar-refractivity contribution < 1.29 is 4.74 Å². The van der Waals surface area contributed by atoms with Crippen molar-refractivity contribution in [3.8, 4) is 17.1 Å². The second kappa shape index (κ2) is 7.96. The van der Waals surface area contributed by atoms with Crippen LogP contribution in [0.15, 0.2) is 38.9 Å². The van der Waals surface area contributed by atoms with Gasteiger partial charge >= 0.3 is 5.69 Å². The normalized spacial score (nSPS) is 11.1. The van der Waals surface area contributed by atoms with Gasteiger partial charge in [0.2, 0.25) is 0 Å². The van der Waals surface area contributed by atoms with Crippen LogP contribution in [0, 0.1) is 0 Å². The summed E-state index contributed by atoms with van der Waals surface area (Å²) in [6.45, 7) is 2.11. The number of nitrogens with zero attached hydrogens (tertiary/aromatic N) is 4. The van der Waals surface area contributed by atoms with Crippen LogP contribution in [0.3, 0.4) is 0 Å². The maximum absolute atomic E-state index is 12.8. The Morgan fingerprint density at radius 3 is 2.56 bits per heavy atom. The number of benzene rings is 1. The number of hydrogen-bond donors (Lipinski definition) is 0. The summed E-state index contributed by atoms with van der Waals surface area (Å²) < 4.78 is 7.91. The molecule has 2 heterocycles. The van der Waals surface area contributed by atoms with Crippen molar-refractivity contribution in [3.05, 3.63) is 45.1 Å². The Kier molecular flexibility index (Phi) is 5.65. The number of aryl methyl sites for hydroxylation is 1. The third kappa shape index (κ3) is 3.49. The molecular formula is C19H22N4O3S. The fourth-order valence-corrected chi connectivity index (χ4v) is 3.90. The van der Waals surface area contributed by atoms with Crippen LogP contribution in [-0.2, 0) is 14.1 Å². The standard InChI is InChI=1S/C19H22N4O3S/c1-5-6-11-27-17-14-16(22(2)19(25)23(3)18(14)24)20-15(21-17)12-9-7-8-10-13(12)26-4/h7-10H,5-6,11H2,1-4H3. The van der Waals surface area contributed by atoms with Gasteiger partial charge in [-0.3, -0.25) is 13.9 Å². The fraction of sp³-hybridized carbons (Fsp3) is 0.368. The topological polar surface area (TPSA) is 79.0 Å². The van der Waals surface area contributed by atoms with Gasteiger partial charge in [0, 0.05) is 14.1 Å². The molecule has 0 saturated heterocycles. The van der Waals surface area contributed by atoms with Crippen LogP contribution in [0.5, 0.6) is 5.75 Å². The molecule has 0 fully saturated rings. The van der Waals surface area contributed by atoms with Gasteiger partial charge in [-0.2, -0.15) is 0 Å². The monoisotopic (exact) mass is 386 g/mol. The van der Waals surface area contributed by atoms with E-state index in [9.17, 15) is 9.59 Å². The predicted molar refractivity (Wildman–Crippen MR) is 108 cm³/mol. The van der Waals surface area contributed by atoms with E-state index in [4.69, 9.17) is 4.74 Å². The van der Waals surface area contributed by atoms with Crippen molar-refractivity contribution in [2.75, 3.05) is 12.9 Å². The summed E-state index contributed by atoms with van der Waals surface area (Å²) in [6, 6.07) is 7.43. The highest BCUT2D eigenvalue weighted by molar-refractivity contribution is 7.99. The van der Waals surface area contributed by atoms with E-state index in [0.717, 1.165) is 23.2 Å². The zero-order valence-electron chi connectivity index (χ0n) is 15.9. The van der Waals surface area contributed by atoms with Crippen molar-refractivity contribution in [2.24, 2.45) is 14.1 Å². The van der Waals surface area contributed by atoms with E-state index in [1.807, 2.05) is 24.3 Å². The summed E-state index contributed by atoms with van der Waals surface area (Å²) in [5.41, 5.74) is 0.255. The van der Waals surface area contributed by atoms with Crippen LogP contribution in [0.4, 0.5) is 0 Å². The summed E-state index contributed by atoms with van der Waals surface area (Å²) in [6.07, 6.45) is 2.05. The van der Waals surface area contributed by atoms with Crippen LogP contribution in [0.25, 0.3) is 22.4 Å². The number of ether oxygens (including phenoxy) is 1. The van der Waals surface area contributed by atoms with Crippen LogP contribution in [-0.4, -0.2) is 32.0 Å². The van der Waals surface area contributed by atoms with Gasteiger partial charge in [-0.05, 0) is 24.3 Å².